The molecule has 0 spiro atoms. The first-order valence-corrected chi connectivity index (χ1v) is 11.9. The van der Waals surface area contributed by atoms with Crippen LogP contribution in [-0.2, 0) is 20.7 Å². The number of carbonyl (C=O) groups is 3. The molecule has 176 valence electrons. The van der Waals surface area contributed by atoms with Crippen LogP contribution in [0.3, 0.4) is 0 Å². The standard InChI is InChI=1S/C24H36N4O4/c29-22-12-15-28(14-7-16-32-17-13-25-22)23(30)21(18-19-8-3-1-4-9-19)27-24(31)26-20-10-5-2-6-11-20/h1,3-4,8-9,20-21H,2,5-7,10-18H2,(H,25,29)(H2,26,27,31). The molecule has 8 nitrogen and oxygen atoms in total. The van der Waals surface area contributed by atoms with E-state index in [1.807, 2.05) is 30.3 Å². The first-order valence-electron chi connectivity index (χ1n) is 11.9. The molecule has 0 aromatic heterocycles. The molecular formula is C24H36N4O4. The van der Waals surface area contributed by atoms with Gasteiger partial charge < -0.3 is 25.6 Å². The fraction of sp³-hybridized carbons (Fsp3) is 0.625. The molecule has 0 radical (unpaired) electrons. The molecule has 8 heteroatoms. The summed E-state index contributed by atoms with van der Waals surface area (Å²) in [5.74, 6) is -0.268. The molecule has 2 aliphatic rings. The van der Waals surface area contributed by atoms with Crippen LogP contribution in [0.5, 0.6) is 0 Å². The number of urea groups is 1. The lowest BCUT2D eigenvalue weighted by molar-refractivity contribution is -0.134. The highest BCUT2D eigenvalue weighted by Gasteiger charge is 2.27. The summed E-state index contributed by atoms with van der Waals surface area (Å²) in [6.07, 6.45) is 6.73. The predicted octanol–water partition coefficient (Wildman–Crippen LogP) is 1.98. The number of hydrogen-bond donors (Lipinski definition) is 3. The third-order valence-electron chi connectivity index (χ3n) is 6.03. The van der Waals surface area contributed by atoms with Gasteiger partial charge in [-0.2, -0.15) is 0 Å². The highest BCUT2D eigenvalue weighted by atomic mass is 16.5. The highest BCUT2D eigenvalue weighted by molar-refractivity contribution is 5.88. The summed E-state index contributed by atoms with van der Waals surface area (Å²) in [5, 5.41) is 8.77. The second-order valence-corrected chi connectivity index (χ2v) is 8.59. The minimum Gasteiger partial charge on any atom is -0.380 e. The summed E-state index contributed by atoms with van der Waals surface area (Å²) < 4.78 is 5.51. The van der Waals surface area contributed by atoms with Crippen LogP contribution in [0.15, 0.2) is 30.3 Å². The Morgan fingerprint density at radius 2 is 1.84 bits per heavy atom. The van der Waals surface area contributed by atoms with Gasteiger partial charge in [0.05, 0.1) is 6.61 Å². The summed E-state index contributed by atoms with van der Waals surface area (Å²) in [5.41, 5.74) is 0.975. The number of ether oxygens (including phenoxy) is 1. The predicted molar refractivity (Wildman–Crippen MR) is 122 cm³/mol. The van der Waals surface area contributed by atoms with Crippen LogP contribution in [0.25, 0.3) is 0 Å². The van der Waals surface area contributed by atoms with Crippen molar-refractivity contribution in [1.29, 1.82) is 0 Å². The van der Waals surface area contributed by atoms with Crippen molar-refractivity contribution in [2.24, 2.45) is 0 Å². The van der Waals surface area contributed by atoms with Crippen molar-refractivity contribution < 1.29 is 19.1 Å². The van der Waals surface area contributed by atoms with E-state index in [-0.39, 0.29) is 30.3 Å². The maximum absolute atomic E-state index is 13.5. The number of benzene rings is 1. The number of hydrogen-bond acceptors (Lipinski definition) is 4. The summed E-state index contributed by atoms with van der Waals surface area (Å²) in [4.78, 5) is 40.0. The Bertz CT molecular complexity index is 737. The second kappa shape index (κ2) is 13.1. The van der Waals surface area contributed by atoms with Crippen LogP contribution in [0.1, 0.15) is 50.5 Å². The summed E-state index contributed by atoms with van der Waals surface area (Å²) in [7, 11) is 0. The molecule has 2 fully saturated rings. The number of nitrogens with zero attached hydrogens (tertiary/aromatic N) is 1. The van der Waals surface area contributed by atoms with Gasteiger partial charge in [-0.1, -0.05) is 49.6 Å². The molecule has 0 bridgehead atoms. The molecular weight excluding hydrogens is 408 g/mol. The first-order chi connectivity index (χ1) is 15.6. The molecule has 1 aromatic carbocycles. The van der Waals surface area contributed by atoms with Crippen LogP contribution in [-0.4, -0.2) is 67.7 Å². The van der Waals surface area contributed by atoms with E-state index in [1.165, 1.54) is 6.42 Å². The Labute approximate surface area is 190 Å². The summed E-state index contributed by atoms with van der Waals surface area (Å²) in [6.45, 7) is 2.29. The molecule has 32 heavy (non-hydrogen) atoms. The normalized spacial score (nSPS) is 19.9. The average Bonchev–Trinajstić information content (AvgIpc) is 2.85. The molecule has 1 aromatic rings. The molecule has 3 N–H and O–H groups in total. The Kier molecular flexibility index (Phi) is 9.81. The Balaban J connectivity index is 1.68. The van der Waals surface area contributed by atoms with Crippen molar-refractivity contribution in [3.8, 4) is 0 Å². The van der Waals surface area contributed by atoms with Crippen LogP contribution in [0, 0.1) is 0 Å². The van der Waals surface area contributed by atoms with Gasteiger partial charge in [-0.25, -0.2) is 4.79 Å². The molecule has 1 saturated carbocycles. The van der Waals surface area contributed by atoms with E-state index in [0.29, 0.717) is 45.7 Å². The number of rotatable bonds is 5. The molecule has 1 saturated heterocycles. The molecule has 1 aliphatic carbocycles. The van der Waals surface area contributed by atoms with Gasteiger partial charge >= 0.3 is 6.03 Å². The van der Waals surface area contributed by atoms with E-state index in [1.54, 1.807) is 4.90 Å². The molecule has 4 amide bonds. The Morgan fingerprint density at radius 1 is 1.06 bits per heavy atom. The fourth-order valence-electron chi connectivity index (χ4n) is 4.28. The Morgan fingerprint density at radius 3 is 2.62 bits per heavy atom. The van der Waals surface area contributed by atoms with Crippen molar-refractivity contribution >= 4 is 17.8 Å². The van der Waals surface area contributed by atoms with Gasteiger partial charge in [-0.05, 0) is 24.8 Å². The minimum absolute atomic E-state index is 0.101. The maximum Gasteiger partial charge on any atom is 0.315 e. The zero-order chi connectivity index (χ0) is 22.6. The number of nitrogens with one attached hydrogen (secondary N) is 3. The van der Waals surface area contributed by atoms with Crippen LogP contribution < -0.4 is 16.0 Å². The van der Waals surface area contributed by atoms with Gasteiger partial charge in [-0.15, -0.1) is 0 Å². The molecule has 1 atom stereocenters. The van der Waals surface area contributed by atoms with E-state index in [4.69, 9.17) is 4.74 Å². The zero-order valence-electron chi connectivity index (χ0n) is 18.8. The van der Waals surface area contributed by atoms with Gasteiger partial charge in [0.1, 0.15) is 6.04 Å². The van der Waals surface area contributed by atoms with Gasteiger partial charge in [0.15, 0.2) is 0 Å². The first kappa shape index (κ1) is 24.0. The fourth-order valence-corrected chi connectivity index (χ4v) is 4.28. The van der Waals surface area contributed by atoms with Crippen LogP contribution in [0.4, 0.5) is 4.79 Å². The topological polar surface area (TPSA) is 99.8 Å². The maximum atomic E-state index is 13.5. The van der Waals surface area contributed by atoms with Crippen molar-refractivity contribution in [1.82, 2.24) is 20.9 Å². The van der Waals surface area contributed by atoms with E-state index >= 15 is 0 Å². The van der Waals surface area contributed by atoms with Crippen molar-refractivity contribution in [2.45, 2.75) is 63.5 Å². The molecule has 1 aliphatic heterocycles. The molecule has 1 heterocycles. The van der Waals surface area contributed by atoms with E-state index in [2.05, 4.69) is 16.0 Å². The van der Waals surface area contributed by atoms with E-state index in [9.17, 15) is 14.4 Å². The van der Waals surface area contributed by atoms with Gasteiger partial charge in [-0.3, -0.25) is 9.59 Å². The molecule has 1 unspecified atom stereocenters. The largest absolute Gasteiger partial charge is 0.380 e. The lowest BCUT2D eigenvalue weighted by Crippen LogP contribution is -2.54. The third kappa shape index (κ3) is 8.15. The quantitative estimate of drug-likeness (QED) is 0.647. The Hall–Kier alpha value is -2.61. The second-order valence-electron chi connectivity index (χ2n) is 8.59. The van der Waals surface area contributed by atoms with Gasteiger partial charge in [0.2, 0.25) is 11.8 Å². The van der Waals surface area contributed by atoms with E-state index in [0.717, 1.165) is 31.2 Å². The lowest BCUT2D eigenvalue weighted by Gasteiger charge is -2.29. The van der Waals surface area contributed by atoms with Crippen molar-refractivity contribution in [2.75, 3.05) is 32.8 Å². The van der Waals surface area contributed by atoms with Crippen LogP contribution in [0.2, 0.25) is 0 Å². The monoisotopic (exact) mass is 444 g/mol. The number of carbonyl (C=O) groups excluding carboxylic acids is 3. The van der Waals surface area contributed by atoms with E-state index < -0.39 is 6.04 Å². The van der Waals surface area contributed by atoms with Crippen LogP contribution >= 0.6 is 0 Å². The molecule has 3 rings (SSSR count). The van der Waals surface area contributed by atoms with Gasteiger partial charge in [0, 0.05) is 45.1 Å². The minimum atomic E-state index is -0.699. The van der Waals surface area contributed by atoms with Crippen molar-refractivity contribution in [3.63, 3.8) is 0 Å². The SMILES string of the molecule is O=C1CCN(C(=O)C(Cc2ccccc2)NC(=O)NC2CCCCC2)CCCOCCN1. The smallest absolute Gasteiger partial charge is 0.315 e. The number of amides is 4. The summed E-state index contributed by atoms with van der Waals surface area (Å²) >= 11 is 0. The highest BCUT2D eigenvalue weighted by Crippen LogP contribution is 2.17. The zero-order valence-corrected chi connectivity index (χ0v) is 18.8. The van der Waals surface area contributed by atoms with Gasteiger partial charge in [0.25, 0.3) is 0 Å². The third-order valence-corrected chi connectivity index (χ3v) is 6.03. The average molecular weight is 445 g/mol. The summed E-state index contributed by atoms with van der Waals surface area (Å²) in [6, 6.07) is 8.84. The lowest BCUT2D eigenvalue weighted by atomic mass is 9.96. The van der Waals surface area contributed by atoms with Crippen molar-refractivity contribution in [3.05, 3.63) is 35.9 Å².